The van der Waals surface area contributed by atoms with Crippen molar-refractivity contribution < 1.29 is 18.8 Å². The van der Waals surface area contributed by atoms with Crippen LogP contribution < -0.4 is 20.0 Å². The molecule has 5 heteroatoms. The topological polar surface area (TPSA) is 53.1 Å². The molecule has 1 atom stereocenters. The van der Waals surface area contributed by atoms with Crippen LogP contribution in [0.3, 0.4) is 0 Å². The average molecular weight is 380 g/mol. The van der Waals surface area contributed by atoms with Crippen LogP contribution >= 0.6 is 0 Å². The highest BCUT2D eigenvalue weighted by atomic mass is 16.5. The summed E-state index contributed by atoms with van der Waals surface area (Å²) in [6, 6.07) is 10.4. The summed E-state index contributed by atoms with van der Waals surface area (Å²) < 4.78 is 16.9. The first kappa shape index (κ1) is 18.6. The van der Waals surface area contributed by atoms with Crippen LogP contribution in [0.1, 0.15) is 27.8 Å². The third-order valence-electron chi connectivity index (χ3n) is 5.79. The van der Waals surface area contributed by atoms with Crippen LogP contribution in [0.2, 0.25) is 0 Å². The maximum absolute atomic E-state index is 12.1. The quantitative estimate of drug-likeness (QED) is 0.707. The van der Waals surface area contributed by atoms with Gasteiger partial charge in [0.2, 0.25) is 6.73 Å². The maximum Gasteiger partial charge on any atom is 0.339 e. The molecule has 2 aromatic carbocycles. The van der Waals surface area contributed by atoms with Gasteiger partial charge in [-0.3, -0.25) is 4.90 Å². The van der Waals surface area contributed by atoms with E-state index in [2.05, 4.69) is 18.2 Å². The number of aryl methyl sites for hydroxylation is 2. The van der Waals surface area contributed by atoms with Gasteiger partial charge in [0, 0.05) is 28.5 Å². The molecule has 3 aromatic rings. The van der Waals surface area contributed by atoms with Gasteiger partial charge in [0.25, 0.3) is 0 Å². The van der Waals surface area contributed by atoms with Gasteiger partial charge in [0.05, 0.1) is 13.7 Å². The SMILES string of the molecule is COc1ccc(CC[NH+]2COc3c(cc4c(C)c(C)c(=O)oc4c3C)C2)cc1. The first-order valence-electron chi connectivity index (χ1n) is 9.63. The lowest BCUT2D eigenvalue weighted by atomic mass is 9.99. The lowest BCUT2D eigenvalue weighted by Crippen LogP contribution is -3.12. The molecule has 1 N–H and O–H groups in total. The van der Waals surface area contributed by atoms with Crippen LogP contribution in [0.25, 0.3) is 11.0 Å². The molecule has 1 aliphatic rings. The number of hydrogen-bond acceptors (Lipinski definition) is 4. The summed E-state index contributed by atoms with van der Waals surface area (Å²) in [6.07, 6.45) is 0.984. The molecule has 0 saturated heterocycles. The second-order valence-corrected chi connectivity index (χ2v) is 7.57. The molecule has 5 nitrogen and oxygen atoms in total. The van der Waals surface area contributed by atoms with E-state index in [9.17, 15) is 4.79 Å². The van der Waals surface area contributed by atoms with Gasteiger partial charge in [-0.25, -0.2) is 4.79 Å². The van der Waals surface area contributed by atoms with E-state index in [-0.39, 0.29) is 5.63 Å². The van der Waals surface area contributed by atoms with Gasteiger partial charge in [-0.05, 0) is 50.1 Å². The van der Waals surface area contributed by atoms with Gasteiger partial charge in [-0.1, -0.05) is 12.1 Å². The summed E-state index contributed by atoms with van der Waals surface area (Å²) in [6.45, 7) is 8.28. The Hall–Kier alpha value is -2.79. The number of benzene rings is 2. The average Bonchev–Trinajstić information content (AvgIpc) is 2.72. The van der Waals surface area contributed by atoms with Crippen molar-refractivity contribution in [2.45, 2.75) is 33.7 Å². The van der Waals surface area contributed by atoms with Crippen LogP contribution in [-0.4, -0.2) is 20.4 Å². The zero-order valence-corrected chi connectivity index (χ0v) is 16.8. The molecule has 0 aliphatic carbocycles. The monoisotopic (exact) mass is 380 g/mol. The van der Waals surface area contributed by atoms with E-state index < -0.39 is 0 Å². The van der Waals surface area contributed by atoms with Crippen LogP contribution in [0, 0.1) is 20.8 Å². The van der Waals surface area contributed by atoms with E-state index in [1.54, 1.807) is 7.11 Å². The van der Waals surface area contributed by atoms with Crippen molar-refractivity contribution in [1.82, 2.24) is 0 Å². The Balaban J connectivity index is 1.57. The number of rotatable bonds is 4. The van der Waals surface area contributed by atoms with Crippen molar-refractivity contribution in [3.05, 3.63) is 68.6 Å². The van der Waals surface area contributed by atoms with E-state index in [0.29, 0.717) is 17.9 Å². The number of hydrogen-bond donors (Lipinski definition) is 1. The highest BCUT2D eigenvalue weighted by molar-refractivity contribution is 5.86. The normalized spacial score (nSPS) is 15.9. The molecular weight excluding hydrogens is 354 g/mol. The largest absolute Gasteiger partial charge is 0.497 e. The van der Waals surface area contributed by atoms with E-state index in [0.717, 1.165) is 47.5 Å². The molecule has 1 aromatic heterocycles. The third kappa shape index (κ3) is 3.27. The summed E-state index contributed by atoms with van der Waals surface area (Å²) >= 11 is 0. The molecular formula is C23H26NO4+. The molecule has 2 heterocycles. The molecule has 0 bridgehead atoms. The van der Waals surface area contributed by atoms with Gasteiger partial charge < -0.3 is 13.9 Å². The van der Waals surface area contributed by atoms with Crippen LogP contribution in [0.15, 0.2) is 39.5 Å². The first-order chi connectivity index (χ1) is 13.5. The predicted octanol–water partition coefficient (Wildman–Crippen LogP) is 2.70. The summed E-state index contributed by atoms with van der Waals surface area (Å²) in [7, 11) is 1.68. The fourth-order valence-electron chi connectivity index (χ4n) is 3.89. The number of nitrogens with one attached hydrogen (secondary N) is 1. The molecule has 1 aliphatic heterocycles. The van der Waals surface area contributed by atoms with Crippen molar-refractivity contribution in [1.29, 1.82) is 0 Å². The summed E-state index contributed by atoms with van der Waals surface area (Å²) in [5.41, 5.74) is 5.43. The van der Waals surface area contributed by atoms with E-state index in [1.807, 2.05) is 32.9 Å². The minimum Gasteiger partial charge on any atom is -0.497 e. The smallest absolute Gasteiger partial charge is 0.339 e. The Labute approximate surface area is 164 Å². The fourth-order valence-corrected chi connectivity index (χ4v) is 3.89. The second-order valence-electron chi connectivity index (χ2n) is 7.57. The van der Waals surface area contributed by atoms with Crippen LogP contribution in [0.5, 0.6) is 11.5 Å². The Morgan fingerprint density at radius 3 is 2.54 bits per heavy atom. The number of fused-ring (bicyclic) bond motifs is 2. The van der Waals surface area contributed by atoms with E-state index in [4.69, 9.17) is 13.9 Å². The zero-order valence-electron chi connectivity index (χ0n) is 16.8. The lowest BCUT2D eigenvalue weighted by molar-refractivity contribution is -0.932. The van der Waals surface area contributed by atoms with Gasteiger partial charge >= 0.3 is 5.63 Å². The molecule has 0 fully saturated rings. The van der Waals surface area contributed by atoms with Gasteiger partial charge in [0.1, 0.15) is 23.6 Å². The summed E-state index contributed by atoms with van der Waals surface area (Å²) in [5, 5.41) is 1.01. The van der Waals surface area contributed by atoms with Crippen molar-refractivity contribution >= 4 is 11.0 Å². The van der Waals surface area contributed by atoms with Gasteiger partial charge in [-0.2, -0.15) is 0 Å². The summed E-state index contributed by atoms with van der Waals surface area (Å²) in [5.74, 6) is 1.75. The summed E-state index contributed by atoms with van der Waals surface area (Å²) in [4.78, 5) is 13.5. The molecule has 146 valence electrons. The number of ether oxygens (including phenoxy) is 2. The molecule has 1 unspecified atom stereocenters. The van der Waals surface area contributed by atoms with Crippen molar-refractivity contribution in [3.8, 4) is 11.5 Å². The minimum absolute atomic E-state index is 0.268. The van der Waals surface area contributed by atoms with E-state index >= 15 is 0 Å². The van der Waals surface area contributed by atoms with Crippen LogP contribution in [-0.2, 0) is 13.0 Å². The molecule has 4 rings (SSSR count). The van der Waals surface area contributed by atoms with Crippen molar-refractivity contribution in [2.24, 2.45) is 0 Å². The molecule has 0 amide bonds. The van der Waals surface area contributed by atoms with Gasteiger partial charge in [-0.15, -0.1) is 0 Å². The molecule has 0 radical (unpaired) electrons. The predicted molar refractivity (Wildman–Crippen MR) is 108 cm³/mol. The Kier molecular flexibility index (Phi) is 4.85. The maximum atomic E-state index is 12.1. The van der Waals surface area contributed by atoms with Crippen LogP contribution in [0.4, 0.5) is 0 Å². The lowest BCUT2D eigenvalue weighted by Gasteiger charge is -2.27. The third-order valence-corrected chi connectivity index (χ3v) is 5.79. The molecule has 28 heavy (non-hydrogen) atoms. The first-order valence-corrected chi connectivity index (χ1v) is 9.63. The number of methoxy groups -OCH3 is 1. The van der Waals surface area contributed by atoms with Gasteiger partial charge in [0.15, 0.2) is 0 Å². The number of quaternary nitrogens is 1. The minimum atomic E-state index is -0.268. The second kappa shape index (κ2) is 7.32. The zero-order chi connectivity index (χ0) is 19.8. The van der Waals surface area contributed by atoms with Crippen molar-refractivity contribution in [3.63, 3.8) is 0 Å². The highest BCUT2D eigenvalue weighted by Crippen LogP contribution is 2.33. The molecule has 0 spiro atoms. The standard InChI is InChI=1S/C23H25NO4/c1-14-15(2)23(25)28-22-16(3)21-18(11-20(14)22)12-24(13-27-21)10-9-17-5-7-19(26-4)8-6-17/h5-8,11H,9-10,12-13H2,1-4H3/p+1. The Morgan fingerprint density at radius 1 is 1.07 bits per heavy atom. The van der Waals surface area contributed by atoms with Crippen molar-refractivity contribution in [2.75, 3.05) is 20.4 Å². The highest BCUT2D eigenvalue weighted by Gasteiger charge is 2.25. The van der Waals surface area contributed by atoms with E-state index in [1.165, 1.54) is 16.0 Å². The fraction of sp³-hybridized carbons (Fsp3) is 0.348. The molecule has 0 saturated carbocycles. The Morgan fingerprint density at radius 2 is 1.82 bits per heavy atom. The Bertz CT molecular complexity index is 1080.